The van der Waals surface area contributed by atoms with E-state index in [-0.39, 0.29) is 0 Å². The average Bonchev–Trinajstić information content (AvgIpc) is 2.87. The molecule has 110 valence electrons. The number of esters is 1. The lowest BCUT2D eigenvalue weighted by Crippen LogP contribution is -2.22. The van der Waals surface area contributed by atoms with Crippen molar-refractivity contribution in [3.05, 3.63) is 51.7 Å². The molecule has 0 aliphatic carbocycles. The van der Waals surface area contributed by atoms with Gasteiger partial charge >= 0.3 is 5.97 Å². The Balaban J connectivity index is 1.94. The number of halogens is 2. The summed E-state index contributed by atoms with van der Waals surface area (Å²) in [6.45, 7) is 1.12. The Hall–Kier alpha value is -2.28. The lowest BCUT2D eigenvalue weighted by atomic mass is 10.3. The molecule has 0 radical (unpaired) electrons. The van der Waals surface area contributed by atoms with E-state index in [1.54, 1.807) is 18.4 Å². The van der Waals surface area contributed by atoms with E-state index in [1.807, 2.05) is 5.32 Å². The van der Waals surface area contributed by atoms with Crippen molar-refractivity contribution in [3.8, 4) is 0 Å². The summed E-state index contributed by atoms with van der Waals surface area (Å²) >= 11 is 1.19. The predicted molar refractivity (Wildman–Crippen MR) is 74.3 cm³/mol. The zero-order chi connectivity index (χ0) is 15.4. The summed E-state index contributed by atoms with van der Waals surface area (Å²) in [6, 6.07) is 4.95. The molecule has 0 atom stereocenters. The van der Waals surface area contributed by atoms with Crippen LogP contribution in [0.4, 0.5) is 14.5 Å². The van der Waals surface area contributed by atoms with E-state index in [1.165, 1.54) is 17.4 Å². The van der Waals surface area contributed by atoms with Crippen molar-refractivity contribution in [1.29, 1.82) is 0 Å². The molecule has 0 fully saturated rings. The molecular weight excluding hydrogens is 300 g/mol. The summed E-state index contributed by atoms with van der Waals surface area (Å²) in [5.41, 5.74) is 0.177. The molecule has 1 aromatic heterocycles. The average molecular weight is 311 g/mol. The third-order valence-electron chi connectivity index (χ3n) is 2.61. The van der Waals surface area contributed by atoms with Crippen LogP contribution in [0.15, 0.2) is 29.6 Å². The van der Waals surface area contributed by atoms with Gasteiger partial charge in [0, 0.05) is 0 Å². The fourth-order valence-electron chi connectivity index (χ4n) is 1.57. The van der Waals surface area contributed by atoms with Crippen LogP contribution in [0.3, 0.4) is 0 Å². The minimum Gasteiger partial charge on any atom is -0.451 e. The molecular formula is C14H11F2NO3S. The van der Waals surface area contributed by atoms with E-state index < -0.39 is 35.8 Å². The topological polar surface area (TPSA) is 55.4 Å². The zero-order valence-electron chi connectivity index (χ0n) is 11.0. The quantitative estimate of drug-likeness (QED) is 0.883. The highest BCUT2D eigenvalue weighted by molar-refractivity contribution is 7.12. The second-order valence-corrected chi connectivity index (χ2v) is 5.07. The molecule has 0 aliphatic heterocycles. The summed E-state index contributed by atoms with van der Waals surface area (Å²) in [4.78, 5) is 23.6. The molecule has 0 spiro atoms. The largest absolute Gasteiger partial charge is 0.451 e. The molecule has 2 rings (SSSR count). The van der Waals surface area contributed by atoms with E-state index in [0.717, 1.165) is 17.7 Å². The van der Waals surface area contributed by atoms with E-state index in [9.17, 15) is 18.4 Å². The zero-order valence-corrected chi connectivity index (χ0v) is 11.8. The van der Waals surface area contributed by atoms with Crippen LogP contribution in [0.5, 0.6) is 0 Å². The van der Waals surface area contributed by atoms with Gasteiger partial charge in [0.1, 0.15) is 22.2 Å². The van der Waals surface area contributed by atoms with Gasteiger partial charge in [0.2, 0.25) is 0 Å². The van der Waals surface area contributed by atoms with Crippen LogP contribution in [0.25, 0.3) is 0 Å². The number of amides is 1. The third-order valence-corrected chi connectivity index (χ3v) is 3.61. The number of hydrogen-bond donors (Lipinski definition) is 1. The highest BCUT2D eigenvalue weighted by Gasteiger charge is 2.16. The molecule has 0 aliphatic rings. The van der Waals surface area contributed by atoms with E-state index >= 15 is 0 Å². The lowest BCUT2D eigenvalue weighted by Gasteiger charge is -2.08. The Morgan fingerprint density at radius 2 is 1.90 bits per heavy atom. The summed E-state index contributed by atoms with van der Waals surface area (Å²) in [6.07, 6.45) is 0. The van der Waals surface area contributed by atoms with Gasteiger partial charge in [0.05, 0.1) is 0 Å². The normalized spacial score (nSPS) is 10.2. The number of aryl methyl sites for hydroxylation is 1. The van der Waals surface area contributed by atoms with Crippen molar-refractivity contribution in [1.82, 2.24) is 0 Å². The van der Waals surface area contributed by atoms with Crippen LogP contribution in [0.2, 0.25) is 0 Å². The highest BCUT2D eigenvalue weighted by atomic mass is 32.1. The molecule has 0 unspecified atom stereocenters. The fraction of sp³-hybridized carbons (Fsp3) is 0.143. The monoisotopic (exact) mass is 311 g/mol. The minimum atomic E-state index is -0.899. The second-order valence-electron chi connectivity index (χ2n) is 4.15. The number of rotatable bonds is 4. The van der Waals surface area contributed by atoms with E-state index in [0.29, 0.717) is 4.88 Å². The van der Waals surface area contributed by atoms with Crippen LogP contribution < -0.4 is 5.32 Å². The molecule has 1 amide bonds. The first-order valence-electron chi connectivity index (χ1n) is 5.94. The maximum atomic E-state index is 13.3. The van der Waals surface area contributed by atoms with Gasteiger partial charge in [-0.25, -0.2) is 13.6 Å². The standard InChI is InChI=1S/C14H11F2NO3S/c1-8-5-6-21-13(8)14(19)20-7-11(18)17-12-9(15)3-2-4-10(12)16/h2-6H,7H2,1H3,(H,17,18). The van der Waals surface area contributed by atoms with Crippen molar-refractivity contribution in [2.24, 2.45) is 0 Å². The van der Waals surface area contributed by atoms with Crippen molar-refractivity contribution in [3.63, 3.8) is 0 Å². The number of thiophene rings is 1. The van der Waals surface area contributed by atoms with Gasteiger partial charge in [-0.15, -0.1) is 11.3 Å². The van der Waals surface area contributed by atoms with Crippen LogP contribution in [0, 0.1) is 18.6 Å². The molecule has 2 aromatic rings. The smallest absolute Gasteiger partial charge is 0.349 e. The summed E-state index contributed by atoms with van der Waals surface area (Å²) in [5, 5.41) is 3.75. The first kappa shape index (κ1) is 15.1. The van der Waals surface area contributed by atoms with Crippen molar-refractivity contribution < 1.29 is 23.1 Å². The Morgan fingerprint density at radius 3 is 2.48 bits per heavy atom. The van der Waals surface area contributed by atoms with Gasteiger partial charge in [-0.2, -0.15) is 0 Å². The van der Waals surface area contributed by atoms with Crippen molar-refractivity contribution >= 4 is 28.9 Å². The Labute approximate surface area is 123 Å². The number of carbonyl (C=O) groups is 2. The van der Waals surface area contributed by atoms with Crippen LogP contribution in [-0.2, 0) is 9.53 Å². The molecule has 1 N–H and O–H groups in total. The first-order valence-corrected chi connectivity index (χ1v) is 6.82. The summed E-state index contributed by atoms with van der Waals surface area (Å²) < 4.78 is 31.4. The minimum absolute atomic E-state index is 0.389. The maximum absolute atomic E-state index is 13.3. The third kappa shape index (κ3) is 3.63. The molecule has 4 nitrogen and oxygen atoms in total. The van der Waals surface area contributed by atoms with Gasteiger partial charge in [-0.1, -0.05) is 6.07 Å². The number of hydrogen-bond acceptors (Lipinski definition) is 4. The second kappa shape index (κ2) is 6.45. The van der Waals surface area contributed by atoms with Crippen molar-refractivity contribution in [2.75, 3.05) is 11.9 Å². The number of ether oxygens (including phenoxy) is 1. The summed E-state index contributed by atoms with van der Waals surface area (Å²) in [5.74, 6) is -3.26. The lowest BCUT2D eigenvalue weighted by molar-refractivity contribution is -0.119. The maximum Gasteiger partial charge on any atom is 0.349 e. The summed E-state index contributed by atoms with van der Waals surface area (Å²) in [7, 11) is 0. The Morgan fingerprint density at radius 1 is 1.24 bits per heavy atom. The Bertz CT molecular complexity index is 664. The molecule has 1 aromatic carbocycles. The van der Waals surface area contributed by atoms with Gasteiger partial charge in [-0.05, 0) is 36.1 Å². The molecule has 0 bridgehead atoms. The van der Waals surface area contributed by atoms with Crippen LogP contribution in [-0.4, -0.2) is 18.5 Å². The Kier molecular flexibility index (Phi) is 4.64. The number of para-hydroxylation sites is 1. The highest BCUT2D eigenvalue weighted by Crippen LogP contribution is 2.18. The molecule has 0 saturated heterocycles. The number of carbonyl (C=O) groups excluding carboxylic acids is 2. The number of benzene rings is 1. The molecule has 7 heteroatoms. The predicted octanol–water partition coefficient (Wildman–Crippen LogP) is 3.13. The van der Waals surface area contributed by atoms with Crippen LogP contribution in [0.1, 0.15) is 15.2 Å². The van der Waals surface area contributed by atoms with Crippen LogP contribution >= 0.6 is 11.3 Å². The molecule has 1 heterocycles. The SMILES string of the molecule is Cc1ccsc1C(=O)OCC(=O)Nc1c(F)cccc1F. The van der Waals surface area contributed by atoms with Crippen molar-refractivity contribution in [2.45, 2.75) is 6.92 Å². The van der Waals surface area contributed by atoms with E-state index in [4.69, 9.17) is 4.74 Å². The van der Waals surface area contributed by atoms with E-state index in [2.05, 4.69) is 0 Å². The van der Waals surface area contributed by atoms with Gasteiger partial charge in [-0.3, -0.25) is 4.79 Å². The first-order chi connectivity index (χ1) is 9.99. The number of anilines is 1. The van der Waals surface area contributed by atoms with Gasteiger partial charge < -0.3 is 10.1 Å². The fourth-order valence-corrected chi connectivity index (χ4v) is 2.39. The van der Waals surface area contributed by atoms with Gasteiger partial charge in [0.25, 0.3) is 5.91 Å². The number of nitrogens with one attached hydrogen (secondary N) is 1. The molecule has 0 saturated carbocycles. The van der Waals surface area contributed by atoms with Gasteiger partial charge in [0.15, 0.2) is 6.61 Å². The molecule has 21 heavy (non-hydrogen) atoms.